The Morgan fingerprint density at radius 1 is 1.18 bits per heavy atom. The van der Waals surface area contributed by atoms with E-state index in [4.69, 9.17) is 4.98 Å². The first-order valence-electron chi connectivity index (χ1n) is 12.7. The number of hydrogen-bond acceptors (Lipinski definition) is 6. The van der Waals surface area contributed by atoms with Crippen molar-refractivity contribution in [1.82, 2.24) is 19.8 Å². The van der Waals surface area contributed by atoms with Crippen LogP contribution in [0.3, 0.4) is 0 Å². The van der Waals surface area contributed by atoms with Crippen LogP contribution in [0.1, 0.15) is 75.3 Å². The predicted octanol–water partition coefficient (Wildman–Crippen LogP) is 4.39. The normalized spacial score (nSPS) is 22.7. The number of likely N-dealkylation sites (tertiary alicyclic amines) is 1. The number of hydrogen-bond donors (Lipinski definition) is 1. The number of carbonyl (C=O) groups excluding carboxylic acids is 1. The van der Waals surface area contributed by atoms with E-state index in [1.54, 1.807) is 11.3 Å². The maximum atomic E-state index is 13.8. The van der Waals surface area contributed by atoms with Crippen LogP contribution < -0.4 is 10.9 Å². The van der Waals surface area contributed by atoms with Crippen molar-refractivity contribution in [3.05, 3.63) is 20.8 Å². The highest BCUT2D eigenvalue weighted by Gasteiger charge is 2.28. The molecule has 2 aliphatic carbocycles. The van der Waals surface area contributed by atoms with Crippen molar-refractivity contribution >= 4 is 39.2 Å². The van der Waals surface area contributed by atoms with E-state index in [0.29, 0.717) is 11.7 Å². The van der Waals surface area contributed by atoms with E-state index in [9.17, 15) is 9.59 Å². The molecule has 0 spiro atoms. The monoisotopic (exact) mass is 488 g/mol. The average molecular weight is 489 g/mol. The number of fused-ring (bicyclic) bond motifs is 3. The zero-order chi connectivity index (χ0) is 22.9. The summed E-state index contributed by atoms with van der Waals surface area (Å²) in [7, 11) is 0. The second-order valence-corrected chi connectivity index (χ2v) is 12.1. The Hall–Kier alpha value is -1.38. The first kappa shape index (κ1) is 23.4. The molecule has 1 saturated heterocycles. The van der Waals surface area contributed by atoms with Crippen molar-refractivity contribution in [1.29, 1.82) is 0 Å². The highest BCUT2D eigenvalue weighted by molar-refractivity contribution is 7.99. The molecule has 3 aliphatic rings. The molecule has 1 saturated carbocycles. The predicted molar refractivity (Wildman–Crippen MR) is 137 cm³/mol. The van der Waals surface area contributed by atoms with Crippen LogP contribution in [0.4, 0.5) is 0 Å². The van der Waals surface area contributed by atoms with Gasteiger partial charge < -0.3 is 10.2 Å². The molecule has 1 aliphatic heterocycles. The van der Waals surface area contributed by atoms with E-state index < -0.39 is 0 Å². The summed E-state index contributed by atoms with van der Waals surface area (Å²) in [6.45, 7) is 7.66. The average Bonchev–Trinajstić information content (AvgIpc) is 3.45. The van der Waals surface area contributed by atoms with E-state index >= 15 is 0 Å². The molecule has 1 atom stereocenters. The Bertz CT molecular complexity index is 1060. The van der Waals surface area contributed by atoms with Gasteiger partial charge in [0.25, 0.3) is 5.56 Å². The highest BCUT2D eigenvalue weighted by Crippen LogP contribution is 2.38. The second kappa shape index (κ2) is 10.1. The van der Waals surface area contributed by atoms with E-state index in [0.717, 1.165) is 92.8 Å². The molecule has 6 nitrogen and oxygen atoms in total. The summed E-state index contributed by atoms with van der Waals surface area (Å²) >= 11 is 3.15. The fourth-order valence-corrected chi connectivity index (χ4v) is 8.06. The van der Waals surface area contributed by atoms with E-state index in [1.165, 1.54) is 22.2 Å². The summed E-state index contributed by atoms with van der Waals surface area (Å²) in [6, 6.07) is 0.482. The molecule has 33 heavy (non-hydrogen) atoms. The summed E-state index contributed by atoms with van der Waals surface area (Å²) in [5.74, 6) is 1.05. The zero-order valence-corrected chi connectivity index (χ0v) is 21.5. The Morgan fingerprint density at radius 2 is 1.94 bits per heavy atom. The molecule has 180 valence electrons. The third kappa shape index (κ3) is 4.89. The molecule has 2 aromatic heterocycles. The van der Waals surface area contributed by atoms with Gasteiger partial charge in [0.2, 0.25) is 5.91 Å². The fraction of sp³-hybridized carbons (Fsp3) is 0.720. The largest absolute Gasteiger partial charge is 0.353 e. The molecule has 2 fully saturated rings. The van der Waals surface area contributed by atoms with E-state index in [1.807, 2.05) is 4.57 Å². The third-order valence-corrected chi connectivity index (χ3v) is 9.85. The van der Waals surface area contributed by atoms with Gasteiger partial charge in [0, 0.05) is 30.1 Å². The lowest BCUT2D eigenvalue weighted by atomic mass is 9.89. The van der Waals surface area contributed by atoms with E-state index in [2.05, 4.69) is 24.1 Å². The second-order valence-electron chi connectivity index (χ2n) is 10.1. The Balaban J connectivity index is 1.37. The Labute approximate surface area is 204 Å². The van der Waals surface area contributed by atoms with Crippen LogP contribution in [-0.4, -0.2) is 51.8 Å². The summed E-state index contributed by atoms with van der Waals surface area (Å²) in [5.41, 5.74) is 1.39. The number of nitrogens with zero attached hydrogens (tertiary/aromatic N) is 3. The van der Waals surface area contributed by atoms with Gasteiger partial charge in [-0.3, -0.25) is 14.2 Å². The van der Waals surface area contributed by atoms with Gasteiger partial charge in [0.1, 0.15) is 4.83 Å². The standard InChI is InChI=1S/C25H36N4O2S2/c1-3-28-12-10-17(11-13-28)26-21(30)15-32-25-27-23-22(19-9-8-16(2)14-20(19)33-23)24(31)29(25)18-6-4-5-7-18/h16-18H,3-15H2,1-2H3,(H,26,30)/t16-/m1/s1. The quantitative estimate of drug-likeness (QED) is 0.483. The minimum Gasteiger partial charge on any atom is -0.353 e. The molecule has 3 heterocycles. The minimum atomic E-state index is 0.0570. The molecule has 1 N–H and O–H groups in total. The number of carbonyl (C=O) groups is 1. The van der Waals surface area contributed by atoms with Gasteiger partial charge >= 0.3 is 0 Å². The highest BCUT2D eigenvalue weighted by atomic mass is 32.2. The van der Waals surface area contributed by atoms with Crippen LogP contribution in [0.25, 0.3) is 10.2 Å². The van der Waals surface area contributed by atoms with Crippen LogP contribution in [0.2, 0.25) is 0 Å². The molecule has 8 heteroatoms. The van der Waals surface area contributed by atoms with Crippen LogP contribution in [0.15, 0.2) is 9.95 Å². The maximum Gasteiger partial charge on any atom is 0.263 e. The number of thiophene rings is 1. The summed E-state index contributed by atoms with van der Waals surface area (Å²) in [5, 5.41) is 4.82. The zero-order valence-electron chi connectivity index (χ0n) is 19.9. The van der Waals surface area contributed by atoms with Crippen molar-refractivity contribution in [2.45, 2.75) is 88.9 Å². The van der Waals surface area contributed by atoms with Crippen LogP contribution in [-0.2, 0) is 17.6 Å². The van der Waals surface area contributed by atoms with Gasteiger partial charge in [-0.1, -0.05) is 38.5 Å². The maximum absolute atomic E-state index is 13.8. The Kier molecular flexibility index (Phi) is 7.14. The van der Waals surface area contributed by atoms with Gasteiger partial charge in [-0.05, 0) is 63.0 Å². The topological polar surface area (TPSA) is 67.2 Å². The lowest BCUT2D eigenvalue weighted by molar-refractivity contribution is -0.119. The molecular weight excluding hydrogens is 452 g/mol. The molecule has 1 amide bonds. The van der Waals surface area contributed by atoms with Crippen molar-refractivity contribution < 1.29 is 4.79 Å². The summed E-state index contributed by atoms with van der Waals surface area (Å²) in [4.78, 5) is 36.2. The Morgan fingerprint density at radius 3 is 2.67 bits per heavy atom. The minimum absolute atomic E-state index is 0.0570. The SMILES string of the molecule is CCN1CCC(NC(=O)CSc2nc3sc4c(c3c(=O)n2C2CCCC2)CC[C@@H](C)C4)CC1. The van der Waals surface area contributed by atoms with Gasteiger partial charge in [-0.15, -0.1) is 11.3 Å². The molecule has 0 radical (unpaired) electrons. The number of amides is 1. The van der Waals surface area contributed by atoms with Gasteiger partial charge in [0.15, 0.2) is 5.16 Å². The van der Waals surface area contributed by atoms with Crippen molar-refractivity contribution in [2.24, 2.45) is 5.92 Å². The number of piperidine rings is 1. The van der Waals surface area contributed by atoms with Crippen LogP contribution in [0, 0.1) is 5.92 Å². The van der Waals surface area contributed by atoms with Crippen LogP contribution >= 0.6 is 23.1 Å². The fourth-order valence-electron chi connectivity index (χ4n) is 5.76. The molecule has 0 bridgehead atoms. The first-order valence-corrected chi connectivity index (χ1v) is 14.5. The number of aromatic nitrogens is 2. The first-order chi connectivity index (χ1) is 16.0. The van der Waals surface area contributed by atoms with E-state index in [-0.39, 0.29) is 23.6 Å². The summed E-state index contributed by atoms with van der Waals surface area (Å²) in [6.07, 6.45) is 9.62. The number of nitrogens with one attached hydrogen (secondary N) is 1. The van der Waals surface area contributed by atoms with Gasteiger partial charge in [-0.2, -0.15) is 0 Å². The number of aryl methyl sites for hydroxylation is 1. The third-order valence-electron chi connectivity index (χ3n) is 7.75. The number of rotatable bonds is 6. The van der Waals surface area contributed by atoms with Gasteiger partial charge in [0.05, 0.1) is 11.1 Å². The molecular formula is C25H36N4O2S2. The lowest BCUT2D eigenvalue weighted by Gasteiger charge is -2.31. The molecule has 5 rings (SSSR count). The van der Waals surface area contributed by atoms with Crippen molar-refractivity contribution in [3.63, 3.8) is 0 Å². The van der Waals surface area contributed by atoms with Crippen molar-refractivity contribution in [2.75, 3.05) is 25.4 Å². The molecule has 0 unspecified atom stereocenters. The summed E-state index contributed by atoms with van der Waals surface area (Å²) < 4.78 is 1.96. The lowest BCUT2D eigenvalue weighted by Crippen LogP contribution is -2.45. The molecule has 2 aromatic rings. The molecule has 0 aromatic carbocycles. The number of thioether (sulfide) groups is 1. The van der Waals surface area contributed by atoms with Crippen molar-refractivity contribution in [3.8, 4) is 0 Å². The van der Waals surface area contributed by atoms with Crippen LogP contribution in [0.5, 0.6) is 0 Å². The van der Waals surface area contributed by atoms with Gasteiger partial charge in [-0.25, -0.2) is 4.98 Å². The smallest absolute Gasteiger partial charge is 0.263 e.